The third-order valence-electron chi connectivity index (χ3n) is 6.61. The van der Waals surface area contributed by atoms with Crippen LogP contribution in [0.1, 0.15) is 59.1 Å². The first-order valence-electron chi connectivity index (χ1n) is 11.1. The highest BCUT2D eigenvalue weighted by Crippen LogP contribution is 2.48. The van der Waals surface area contributed by atoms with Gasteiger partial charge in [-0.25, -0.2) is 13.1 Å². The van der Waals surface area contributed by atoms with E-state index in [2.05, 4.69) is 4.72 Å². The average molecular weight is 507 g/mol. The second-order valence-corrected chi connectivity index (χ2v) is 11.0. The van der Waals surface area contributed by atoms with Gasteiger partial charge in [-0.3, -0.25) is 9.59 Å². The molecule has 0 unspecified atom stereocenters. The predicted molar refractivity (Wildman–Crippen MR) is 128 cm³/mol. The SMILES string of the molecule is COc1cc(Cl)ccc1[C@H]1[C@H](C(=O)O)c2ccccc2C(=O)N1[C@H]1CCCC[C@@H]1NS(C)(=O)=O. The maximum atomic E-state index is 13.9. The highest BCUT2D eigenvalue weighted by atomic mass is 35.5. The van der Waals surface area contributed by atoms with E-state index in [1.807, 2.05) is 0 Å². The highest BCUT2D eigenvalue weighted by Gasteiger charge is 2.49. The number of hydrogen-bond donors (Lipinski definition) is 2. The average Bonchev–Trinajstić information content (AvgIpc) is 2.78. The number of carbonyl (C=O) groups excluding carboxylic acids is 1. The van der Waals surface area contributed by atoms with E-state index in [4.69, 9.17) is 16.3 Å². The maximum absolute atomic E-state index is 13.9. The summed E-state index contributed by atoms with van der Waals surface area (Å²) in [5, 5.41) is 10.8. The number of carboxylic acid groups (broad SMARTS) is 1. The smallest absolute Gasteiger partial charge is 0.313 e. The molecule has 4 atom stereocenters. The molecule has 2 aromatic rings. The van der Waals surface area contributed by atoms with Gasteiger partial charge >= 0.3 is 5.97 Å². The summed E-state index contributed by atoms with van der Waals surface area (Å²) in [5.41, 5.74) is 1.23. The van der Waals surface area contributed by atoms with Gasteiger partial charge < -0.3 is 14.7 Å². The van der Waals surface area contributed by atoms with Crippen LogP contribution >= 0.6 is 11.6 Å². The van der Waals surface area contributed by atoms with E-state index >= 15 is 0 Å². The number of nitrogens with zero attached hydrogens (tertiary/aromatic N) is 1. The number of sulfonamides is 1. The lowest BCUT2D eigenvalue weighted by atomic mass is 9.76. The number of halogens is 1. The highest BCUT2D eigenvalue weighted by molar-refractivity contribution is 7.88. The van der Waals surface area contributed by atoms with Crippen molar-refractivity contribution < 1.29 is 27.9 Å². The number of carboxylic acids is 1. The number of carbonyl (C=O) groups is 2. The molecule has 1 fully saturated rings. The fourth-order valence-corrected chi connectivity index (χ4v) is 6.29. The van der Waals surface area contributed by atoms with Gasteiger partial charge in [0.25, 0.3) is 5.91 Å². The Morgan fingerprint density at radius 3 is 2.53 bits per heavy atom. The van der Waals surface area contributed by atoms with Crippen LogP contribution in [0.2, 0.25) is 5.02 Å². The van der Waals surface area contributed by atoms with Gasteiger partial charge in [0.2, 0.25) is 10.0 Å². The van der Waals surface area contributed by atoms with Gasteiger partial charge in [0, 0.05) is 28.2 Å². The number of methoxy groups -OCH3 is 1. The second-order valence-electron chi connectivity index (χ2n) is 8.80. The summed E-state index contributed by atoms with van der Waals surface area (Å²) < 4.78 is 32.5. The zero-order valence-electron chi connectivity index (χ0n) is 18.9. The quantitative estimate of drug-likeness (QED) is 0.619. The van der Waals surface area contributed by atoms with E-state index in [0.717, 1.165) is 19.1 Å². The van der Waals surface area contributed by atoms with Gasteiger partial charge in [0.15, 0.2) is 0 Å². The fourth-order valence-electron chi connectivity index (χ4n) is 5.30. The molecule has 1 aliphatic heterocycles. The van der Waals surface area contributed by atoms with Crippen molar-refractivity contribution >= 4 is 33.5 Å². The number of ether oxygens (including phenoxy) is 1. The van der Waals surface area contributed by atoms with Crippen LogP contribution in [0.3, 0.4) is 0 Å². The monoisotopic (exact) mass is 506 g/mol. The number of aliphatic carboxylic acids is 1. The molecule has 0 aromatic heterocycles. The van der Waals surface area contributed by atoms with Gasteiger partial charge in [-0.15, -0.1) is 0 Å². The van der Waals surface area contributed by atoms with Gasteiger partial charge in [0.05, 0.1) is 19.4 Å². The Labute approximate surface area is 203 Å². The molecule has 1 amide bonds. The molecule has 4 rings (SSSR count). The first-order valence-corrected chi connectivity index (χ1v) is 13.3. The Kier molecular flexibility index (Phi) is 6.89. The molecule has 1 saturated carbocycles. The van der Waals surface area contributed by atoms with E-state index in [9.17, 15) is 23.1 Å². The van der Waals surface area contributed by atoms with Gasteiger partial charge in [-0.2, -0.15) is 0 Å². The molecule has 0 radical (unpaired) electrons. The zero-order valence-corrected chi connectivity index (χ0v) is 20.5. The molecular formula is C24H27ClN2O6S. The van der Waals surface area contributed by atoms with Crippen LogP contribution in [0.15, 0.2) is 42.5 Å². The minimum Gasteiger partial charge on any atom is -0.496 e. The molecule has 2 aliphatic rings. The summed E-state index contributed by atoms with van der Waals surface area (Å²) in [6.45, 7) is 0. The molecule has 1 heterocycles. The number of rotatable bonds is 6. The van der Waals surface area contributed by atoms with Crippen LogP contribution in [0.5, 0.6) is 5.75 Å². The third kappa shape index (κ3) is 4.64. The van der Waals surface area contributed by atoms with Crippen molar-refractivity contribution in [1.29, 1.82) is 0 Å². The molecule has 34 heavy (non-hydrogen) atoms. The number of nitrogens with one attached hydrogen (secondary N) is 1. The Morgan fingerprint density at radius 2 is 1.85 bits per heavy atom. The minimum atomic E-state index is -3.55. The fraction of sp³-hybridized carbons (Fsp3) is 0.417. The number of fused-ring (bicyclic) bond motifs is 1. The first-order chi connectivity index (χ1) is 16.1. The molecule has 0 bridgehead atoms. The van der Waals surface area contributed by atoms with E-state index in [0.29, 0.717) is 40.3 Å². The molecular weight excluding hydrogens is 480 g/mol. The van der Waals surface area contributed by atoms with Gasteiger partial charge in [-0.05, 0) is 36.6 Å². The van der Waals surface area contributed by atoms with Crippen molar-refractivity contribution in [2.45, 2.75) is 49.7 Å². The molecule has 2 N–H and O–H groups in total. The van der Waals surface area contributed by atoms with Crippen LogP contribution in [0.25, 0.3) is 0 Å². The van der Waals surface area contributed by atoms with Crippen LogP contribution in [0, 0.1) is 0 Å². The standard InChI is InChI=1S/C24H27ClN2O6S/c1-33-20-13-14(25)11-12-17(20)22-21(24(29)30)15-7-3-4-8-16(15)23(28)27(22)19-10-6-5-9-18(19)26-34(2,31)32/h3-4,7-8,11-13,18-19,21-22,26H,5-6,9-10H2,1-2H3,(H,29,30)/t18-,19-,21+,22-/m0/s1. The van der Waals surface area contributed by atoms with Crippen molar-refractivity contribution in [2.75, 3.05) is 13.4 Å². The molecule has 2 aromatic carbocycles. The van der Waals surface area contributed by atoms with Crippen LogP contribution < -0.4 is 9.46 Å². The molecule has 0 spiro atoms. The first kappa shape index (κ1) is 24.5. The normalized spacial score (nSPS) is 25.0. The number of hydrogen-bond acceptors (Lipinski definition) is 5. The van der Waals surface area contributed by atoms with Crippen molar-refractivity contribution in [2.24, 2.45) is 0 Å². The lowest BCUT2D eigenvalue weighted by Gasteiger charge is -2.48. The molecule has 1 aliphatic carbocycles. The largest absolute Gasteiger partial charge is 0.496 e. The van der Waals surface area contributed by atoms with Crippen molar-refractivity contribution in [1.82, 2.24) is 9.62 Å². The Balaban J connectivity index is 1.95. The summed E-state index contributed by atoms with van der Waals surface area (Å²) in [6, 6.07) is 9.61. The summed E-state index contributed by atoms with van der Waals surface area (Å²) in [4.78, 5) is 28.2. The van der Waals surface area contributed by atoms with Crippen LogP contribution in [-0.2, 0) is 14.8 Å². The van der Waals surface area contributed by atoms with Crippen molar-refractivity contribution in [3.8, 4) is 5.75 Å². The second kappa shape index (κ2) is 9.56. The zero-order chi connectivity index (χ0) is 24.6. The summed E-state index contributed by atoms with van der Waals surface area (Å²) in [6.07, 6.45) is 3.77. The Bertz CT molecular complexity index is 1220. The Hall–Kier alpha value is -2.62. The van der Waals surface area contributed by atoms with E-state index in [1.165, 1.54) is 7.11 Å². The lowest BCUT2D eigenvalue weighted by Crippen LogP contribution is -2.58. The third-order valence-corrected chi connectivity index (χ3v) is 7.57. The van der Waals surface area contributed by atoms with E-state index in [1.54, 1.807) is 47.4 Å². The van der Waals surface area contributed by atoms with E-state index < -0.39 is 40.0 Å². The summed E-state index contributed by atoms with van der Waals surface area (Å²) >= 11 is 6.17. The lowest BCUT2D eigenvalue weighted by molar-refractivity contribution is -0.141. The molecule has 10 heteroatoms. The van der Waals surface area contributed by atoms with Crippen LogP contribution in [-0.4, -0.2) is 55.7 Å². The van der Waals surface area contributed by atoms with Crippen LogP contribution in [0.4, 0.5) is 0 Å². The van der Waals surface area contributed by atoms with Crippen molar-refractivity contribution in [3.63, 3.8) is 0 Å². The summed E-state index contributed by atoms with van der Waals surface area (Å²) in [7, 11) is -2.09. The number of amides is 1. The van der Waals surface area contributed by atoms with E-state index in [-0.39, 0.29) is 5.91 Å². The van der Waals surface area contributed by atoms with Gasteiger partial charge in [-0.1, -0.05) is 48.7 Å². The molecule has 182 valence electrons. The van der Waals surface area contributed by atoms with Gasteiger partial charge in [0.1, 0.15) is 11.7 Å². The Morgan fingerprint density at radius 1 is 1.15 bits per heavy atom. The predicted octanol–water partition coefficient (Wildman–Crippen LogP) is 3.57. The van der Waals surface area contributed by atoms with Crippen molar-refractivity contribution in [3.05, 3.63) is 64.2 Å². The number of benzene rings is 2. The molecule has 0 saturated heterocycles. The summed E-state index contributed by atoms with van der Waals surface area (Å²) in [5.74, 6) is -2.13. The maximum Gasteiger partial charge on any atom is 0.313 e. The molecule has 8 nitrogen and oxygen atoms in total. The minimum absolute atomic E-state index is 0.308. The topological polar surface area (TPSA) is 113 Å².